The highest BCUT2D eigenvalue weighted by Gasteiger charge is 2.33. The molecule has 5 rings (SSSR count). The number of aromatic nitrogens is 2. The second-order valence-corrected chi connectivity index (χ2v) is 9.12. The van der Waals surface area contributed by atoms with Crippen LogP contribution < -0.4 is 5.32 Å². The van der Waals surface area contributed by atoms with Crippen LogP contribution in [0.1, 0.15) is 49.5 Å². The summed E-state index contributed by atoms with van der Waals surface area (Å²) >= 11 is 0. The number of carbonyl (C=O) groups is 2. The van der Waals surface area contributed by atoms with Crippen molar-refractivity contribution in [2.45, 2.75) is 57.3 Å². The van der Waals surface area contributed by atoms with E-state index in [9.17, 15) is 9.59 Å². The first-order chi connectivity index (χ1) is 17.2. The van der Waals surface area contributed by atoms with Crippen LogP contribution in [0.5, 0.6) is 0 Å². The molecule has 1 saturated carbocycles. The molecular formula is C28H30N4O3. The van der Waals surface area contributed by atoms with E-state index in [0.29, 0.717) is 5.76 Å². The van der Waals surface area contributed by atoms with E-state index in [4.69, 9.17) is 4.42 Å². The lowest BCUT2D eigenvalue weighted by molar-refractivity contribution is -0.142. The van der Waals surface area contributed by atoms with Crippen molar-refractivity contribution in [3.8, 4) is 0 Å². The van der Waals surface area contributed by atoms with Crippen molar-refractivity contribution >= 4 is 22.8 Å². The summed E-state index contributed by atoms with van der Waals surface area (Å²) in [6.45, 7) is 0.261. The van der Waals surface area contributed by atoms with Gasteiger partial charge in [0.2, 0.25) is 11.8 Å². The third-order valence-electron chi connectivity index (χ3n) is 6.69. The first-order valence-corrected chi connectivity index (χ1v) is 12.3. The predicted octanol–water partition coefficient (Wildman–Crippen LogP) is 4.85. The number of furan rings is 1. The van der Waals surface area contributed by atoms with Crippen molar-refractivity contribution in [2.24, 2.45) is 0 Å². The number of nitrogens with one attached hydrogen (secondary N) is 1. The fraction of sp³-hybridized carbons (Fsp3) is 0.321. The maximum absolute atomic E-state index is 13.8. The minimum absolute atomic E-state index is 0.0707. The maximum atomic E-state index is 13.8. The van der Waals surface area contributed by atoms with Gasteiger partial charge in [0.05, 0.1) is 30.2 Å². The Bertz CT molecular complexity index is 1260. The summed E-state index contributed by atoms with van der Waals surface area (Å²) in [6.07, 6.45) is 8.64. The molecule has 35 heavy (non-hydrogen) atoms. The van der Waals surface area contributed by atoms with E-state index >= 15 is 0 Å². The molecule has 2 amide bonds. The first kappa shape index (κ1) is 22.9. The molecule has 2 aromatic heterocycles. The average Bonchev–Trinajstić information content (AvgIpc) is 3.55. The molecule has 0 spiro atoms. The van der Waals surface area contributed by atoms with Crippen molar-refractivity contribution in [3.63, 3.8) is 0 Å². The van der Waals surface area contributed by atoms with Crippen molar-refractivity contribution in [2.75, 3.05) is 0 Å². The quantitative estimate of drug-likeness (QED) is 0.399. The van der Waals surface area contributed by atoms with Crippen LogP contribution in [0, 0.1) is 0 Å². The fourth-order valence-electron chi connectivity index (χ4n) is 4.90. The highest BCUT2D eigenvalue weighted by atomic mass is 16.3. The highest BCUT2D eigenvalue weighted by molar-refractivity contribution is 5.89. The van der Waals surface area contributed by atoms with Crippen molar-refractivity contribution < 1.29 is 14.0 Å². The summed E-state index contributed by atoms with van der Waals surface area (Å²) in [4.78, 5) is 33.6. The Kier molecular flexibility index (Phi) is 6.93. The largest absolute Gasteiger partial charge is 0.467 e. The van der Waals surface area contributed by atoms with E-state index in [1.54, 1.807) is 23.6 Å². The van der Waals surface area contributed by atoms with Crippen LogP contribution in [0.4, 0.5) is 0 Å². The Labute approximate surface area is 204 Å². The normalized spacial score (nSPS) is 15.1. The van der Waals surface area contributed by atoms with E-state index in [2.05, 4.69) is 10.3 Å². The van der Waals surface area contributed by atoms with Crippen LogP contribution in [0.15, 0.2) is 83.7 Å². The van der Waals surface area contributed by atoms with E-state index in [-0.39, 0.29) is 30.9 Å². The number of rotatable bonds is 8. The Morgan fingerprint density at radius 1 is 1.00 bits per heavy atom. The zero-order chi connectivity index (χ0) is 24.0. The molecule has 7 nitrogen and oxygen atoms in total. The van der Waals surface area contributed by atoms with Gasteiger partial charge >= 0.3 is 0 Å². The number of imidazole rings is 1. The molecule has 2 heterocycles. The summed E-state index contributed by atoms with van der Waals surface area (Å²) in [7, 11) is 0. The van der Waals surface area contributed by atoms with E-state index in [1.807, 2.05) is 65.2 Å². The monoisotopic (exact) mass is 470 g/mol. The van der Waals surface area contributed by atoms with Gasteiger partial charge in [0, 0.05) is 6.04 Å². The SMILES string of the molecule is O=C(NC1CCCCC1)[C@@H](c1ccccc1)N(Cc1ccco1)C(=O)Cn1cnc2ccccc21. The molecule has 0 radical (unpaired) electrons. The van der Waals surface area contributed by atoms with Crippen LogP contribution in [0.2, 0.25) is 0 Å². The lowest BCUT2D eigenvalue weighted by Gasteiger charge is -2.33. The number of hydrogen-bond acceptors (Lipinski definition) is 4. The van der Waals surface area contributed by atoms with Gasteiger partial charge in [0.1, 0.15) is 18.3 Å². The zero-order valence-corrected chi connectivity index (χ0v) is 19.7. The molecule has 0 aliphatic heterocycles. The van der Waals surface area contributed by atoms with Crippen LogP contribution in [-0.4, -0.2) is 32.3 Å². The Balaban J connectivity index is 1.48. The lowest BCUT2D eigenvalue weighted by Crippen LogP contribution is -2.47. The number of para-hydroxylation sites is 2. The minimum Gasteiger partial charge on any atom is -0.467 e. The van der Waals surface area contributed by atoms with Crippen LogP contribution in [0.3, 0.4) is 0 Å². The summed E-state index contributed by atoms with van der Waals surface area (Å²) in [5.74, 6) is 0.288. The van der Waals surface area contributed by atoms with Gasteiger partial charge in [0.15, 0.2) is 0 Å². The zero-order valence-electron chi connectivity index (χ0n) is 19.7. The van der Waals surface area contributed by atoms with Crippen molar-refractivity contribution in [3.05, 3.63) is 90.6 Å². The molecule has 0 saturated heterocycles. The Hall–Kier alpha value is -3.87. The molecule has 1 N–H and O–H groups in total. The molecule has 180 valence electrons. The molecular weight excluding hydrogens is 440 g/mol. The van der Waals surface area contributed by atoms with Gasteiger partial charge in [-0.1, -0.05) is 61.7 Å². The molecule has 1 fully saturated rings. The molecule has 1 atom stereocenters. The van der Waals surface area contributed by atoms with Gasteiger partial charge in [-0.3, -0.25) is 9.59 Å². The van der Waals surface area contributed by atoms with Crippen LogP contribution in [0.25, 0.3) is 11.0 Å². The molecule has 7 heteroatoms. The molecule has 0 bridgehead atoms. The molecule has 1 aliphatic carbocycles. The summed E-state index contributed by atoms with van der Waals surface area (Å²) in [5.41, 5.74) is 2.48. The Morgan fingerprint density at radius 3 is 2.54 bits per heavy atom. The summed E-state index contributed by atoms with van der Waals surface area (Å²) in [5, 5.41) is 3.24. The van der Waals surface area contributed by atoms with Gasteiger partial charge in [-0.05, 0) is 42.7 Å². The standard InChI is InChI=1S/C28H30N4O3/c33-26(19-31-20-29-24-15-7-8-16-25(24)31)32(18-23-14-9-17-35-23)27(21-10-3-1-4-11-21)28(34)30-22-12-5-2-6-13-22/h1,3-4,7-11,14-17,20,22,27H,2,5-6,12-13,18-19H2,(H,30,34)/t27-/m1/s1. The average molecular weight is 471 g/mol. The number of benzene rings is 2. The third kappa shape index (κ3) is 5.29. The van der Waals surface area contributed by atoms with Crippen LogP contribution in [-0.2, 0) is 22.7 Å². The topological polar surface area (TPSA) is 80.4 Å². The van der Waals surface area contributed by atoms with Gasteiger partial charge in [-0.2, -0.15) is 0 Å². The summed E-state index contributed by atoms with van der Waals surface area (Å²) < 4.78 is 7.42. The van der Waals surface area contributed by atoms with Gasteiger partial charge in [0.25, 0.3) is 0 Å². The number of carbonyl (C=O) groups excluding carboxylic acids is 2. The maximum Gasteiger partial charge on any atom is 0.247 e. The van der Waals surface area contributed by atoms with Gasteiger partial charge in [-0.15, -0.1) is 0 Å². The second-order valence-electron chi connectivity index (χ2n) is 9.12. The molecule has 4 aromatic rings. The lowest BCUT2D eigenvalue weighted by atomic mass is 9.94. The predicted molar refractivity (Wildman–Crippen MR) is 133 cm³/mol. The van der Waals surface area contributed by atoms with Gasteiger partial charge in [-0.25, -0.2) is 4.98 Å². The number of amides is 2. The van der Waals surface area contributed by atoms with E-state index in [1.165, 1.54) is 6.42 Å². The molecule has 2 aromatic carbocycles. The fourth-order valence-corrected chi connectivity index (χ4v) is 4.90. The number of nitrogens with zero attached hydrogens (tertiary/aromatic N) is 3. The molecule has 1 aliphatic rings. The Morgan fingerprint density at radius 2 is 1.77 bits per heavy atom. The highest BCUT2D eigenvalue weighted by Crippen LogP contribution is 2.26. The van der Waals surface area contributed by atoms with E-state index in [0.717, 1.165) is 42.3 Å². The smallest absolute Gasteiger partial charge is 0.247 e. The second kappa shape index (κ2) is 10.6. The van der Waals surface area contributed by atoms with Crippen molar-refractivity contribution in [1.29, 1.82) is 0 Å². The van der Waals surface area contributed by atoms with Crippen molar-refractivity contribution in [1.82, 2.24) is 19.8 Å². The number of fused-ring (bicyclic) bond motifs is 1. The summed E-state index contributed by atoms with van der Waals surface area (Å²) in [6, 6.07) is 20.2. The van der Waals surface area contributed by atoms with Gasteiger partial charge < -0.3 is 19.2 Å². The van der Waals surface area contributed by atoms with E-state index < -0.39 is 6.04 Å². The minimum atomic E-state index is -0.773. The number of hydrogen-bond donors (Lipinski definition) is 1. The first-order valence-electron chi connectivity index (χ1n) is 12.3. The van der Waals surface area contributed by atoms with Crippen LogP contribution >= 0.6 is 0 Å². The third-order valence-corrected chi connectivity index (χ3v) is 6.69. The molecule has 0 unspecified atom stereocenters.